The molecular weight excluding hydrogens is 437 g/mol. The molecule has 11 heteroatoms. The average molecular weight is 457 g/mol. The van der Waals surface area contributed by atoms with Crippen molar-refractivity contribution in [2.75, 3.05) is 13.2 Å². The quantitative estimate of drug-likeness (QED) is 0.569. The van der Waals surface area contributed by atoms with Crippen molar-refractivity contribution in [2.45, 2.75) is 33.5 Å². The van der Waals surface area contributed by atoms with Crippen LogP contribution in [-0.4, -0.2) is 33.7 Å². The van der Waals surface area contributed by atoms with Gasteiger partial charge in [-0.15, -0.1) is 0 Å². The van der Waals surface area contributed by atoms with Gasteiger partial charge in [-0.1, -0.05) is 17.7 Å². The van der Waals surface area contributed by atoms with E-state index in [2.05, 4.69) is 15.4 Å². The minimum absolute atomic E-state index is 0.0775. The van der Waals surface area contributed by atoms with Gasteiger partial charge in [0.1, 0.15) is 10.7 Å². The second-order valence-corrected chi connectivity index (χ2v) is 6.89. The molecule has 0 spiro atoms. The summed E-state index contributed by atoms with van der Waals surface area (Å²) in [5.74, 6) is 0.369. The van der Waals surface area contributed by atoms with Gasteiger partial charge in [0, 0.05) is 12.2 Å². The number of aromatic nitrogens is 3. The summed E-state index contributed by atoms with van der Waals surface area (Å²) in [6.07, 6.45) is -4.69. The maximum Gasteiger partial charge on any atom is 0.433 e. The highest BCUT2D eigenvalue weighted by Gasteiger charge is 2.36. The van der Waals surface area contributed by atoms with Crippen LogP contribution < -0.4 is 14.8 Å². The summed E-state index contributed by atoms with van der Waals surface area (Å²) in [7, 11) is 0. The van der Waals surface area contributed by atoms with Crippen LogP contribution in [0.2, 0.25) is 5.02 Å². The van der Waals surface area contributed by atoms with Crippen LogP contribution in [-0.2, 0) is 12.7 Å². The zero-order chi connectivity index (χ0) is 22.8. The standard InChI is InChI=1S/C20H20ClF3N4O3/c1-4-30-13-7-6-12(9-14(13)31-5-2)10-25-19(29)17-16(21)18-26-11(3)8-15(20(22,23)24)28(18)27-17/h6-9H,4-5,10H2,1-3H3,(H,25,29). The van der Waals surface area contributed by atoms with Crippen molar-refractivity contribution in [3.8, 4) is 11.5 Å². The third-order valence-corrected chi connectivity index (χ3v) is 4.58. The molecule has 2 aromatic heterocycles. The highest BCUT2D eigenvalue weighted by atomic mass is 35.5. The molecule has 0 fully saturated rings. The molecule has 0 bridgehead atoms. The van der Waals surface area contributed by atoms with Crippen molar-refractivity contribution in [3.05, 3.63) is 51.9 Å². The highest BCUT2D eigenvalue weighted by molar-refractivity contribution is 6.36. The molecule has 2 heterocycles. The molecule has 0 saturated heterocycles. The van der Waals surface area contributed by atoms with Crippen molar-refractivity contribution in [1.29, 1.82) is 0 Å². The predicted octanol–water partition coefficient (Wildman–Crippen LogP) is 4.44. The number of halogens is 4. The molecule has 1 N–H and O–H groups in total. The molecular formula is C20H20ClF3N4O3. The molecule has 31 heavy (non-hydrogen) atoms. The third kappa shape index (κ3) is 4.84. The first-order chi connectivity index (χ1) is 14.7. The molecule has 1 aromatic carbocycles. The number of amides is 1. The Morgan fingerprint density at radius 2 is 1.84 bits per heavy atom. The van der Waals surface area contributed by atoms with E-state index >= 15 is 0 Å². The highest BCUT2D eigenvalue weighted by Crippen LogP contribution is 2.32. The number of fused-ring (bicyclic) bond motifs is 1. The summed E-state index contributed by atoms with van der Waals surface area (Å²) in [5.41, 5.74) is -0.847. The van der Waals surface area contributed by atoms with Gasteiger partial charge in [0.2, 0.25) is 0 Å². The second-order valence-electron chi connectivity index (χ2n) is 6.51. The van der Waals surface area contributed by atoms with Crippen LogP contribution >= 0.6 is 11.6 Å². The Bertz CT molecular complexity index is 1120. The monoisotopic (exact) mass is 456 g/mol. The lowest BCUT2D eigenvalue weighted by atomic mass is 10.2. The van der Waals surface area contributed by atoms with Crippen molar-refractivity contribution < 1.29 is 27.4 Å². The first-order valence-electron chi connectivity index (χ1n) is 9.45. The summed E-state index contributed by atoms with van der Waals surface area (Å²) >= 11 is 6.14. The first kappa shape index (κ1) is 22.7. The minimum atomic E-state index is -4.69. The Labute approximate surface area is 181 Å². The van der Waals surface area contributed by atoms with Gasteiger partial charge in [-0.3, -0.25) is 4.79 Å². The third-order valence-electron chi connectivity index (χ3n) is 4.23. The van der Waals surface area contributed by atoms with Crippen LogP contribution in [0.1, 0.15) is 41.3 Å². The molecule has 1 amide bonds. The smallest absolute Gasteiger partial charge is 0.433 e. The van der Waals surface area contributed by atoms with Crippen LogP contribution in [0.4, 0.5) is 13.2 Å². The fraction of sp³-hybridized carbons (Fsp3) is 0.350. The average Bonchev–Trinajstić information content (AvgIpc) is 3.03. The predicted molar refractivity (Wildman–Crippen MR) is 108 cm³/mol. The number of nitrogens with one attached hydrogen (secondary N) is 1. The topological polar surface area (TPSA) is 77.8 Å². The normalized spacial score (nSPS) is 11.6. The van der Waals surface area contributed by atoms with E-state index in [4.69, 9.17) is 21.1 Å². The molecule has 3 aromatic rings. The lowest BCUT2D eigenvalue weighted by Gasteiger charge is -2.12. The number of hydrogen-bond acceptors (Lipinski definition) is 5. The number of nitrogens with zero attached hydrogens (tertiary/aromatic N) is 3. The van der Waals surface area contributed by atoms with Gasteiger partial charge in [-0.05, 0) is 44.5 Å². The minimum Gasteiger partial charge on any atom is -0.490 e. The zero-order valence-corrected chi connectivity index (χ0v) is 17.8. The van der Waals surface area contributed by atoms with Crippen LogP contribution in [0.25, 0.3) is 5.65 Å². The largest absolute Gasteiger partial charge is 0.490 e. The fourth-order valence-electron chi connectivity index (χ4n) is 2.93. The van der Waals surface area contributed by atoms with E-state index in [0.717, 1.165) is 6.07 Å². The van der Waals surface area contributed by atoms with Crippen LogP contribution in [0, 0.1) is 6.92 Å². The van der Waals surface area contributed by atoms with E-state index in [0.29, 0.717) is 34.8 Å². The number of ether oxygens (including phenoxy) is 2. The maximum atomic E-state index is 13.3. The Kier molecular flexibility index (Phi) is 6.59. The molecule has 0 saturated carbocycles. The molecule has 0 aliphatic heterocycles. The van der Waals surface area contributed by atoms with Gasteiger partial charge < -0.3 is 14.8 Å². The maximum absolute atomic E-state index is 13.3. The van der Waals surface area contributed by atoms with Crippen LogP contribution in [0.3, 0.4) is 0 Å². The summed E-state index contributed by atoms with van der Waals surface area (Å²) in [5, 5.41) is 6.11. The first-order valence-corrected chi connectivity index (χ1v) is 9.83. The van der Waals surface area contributed by atoms with E-state index < -0.39 is 17.8 Å². The van der Waals surface area contributed by atoms with Crippen LogP contribution in [0.5, 0.6) is 11.5 Å². The molecule has 0 radical (unpaired) electrons. The van der Waals surface area contributed by atoms with Crippen molar-refractivity contribution in [1.82, 2.24) is 19.9 Å². The Balaban J connectivity index is 1.86. The molecule has 0 atom stereocenters. The lowest BCUT2D eigenvalue weighted by Crippen LogP contribution is -2.24. The Hall–Kier alpha value is -3.01. The van der Waals surface area contributed by atoms with Gasteiger partial charge in [0.25, 0.3) is 5.91 Å². The summed E-state index contributed by atoms with van der Waals surface area (Å²) < 4.78 is 51.6. The summed E-state index contributed by atoms with van der Waals surface area (Å²) in [6.45, 7) is 6.06. The summed E-state index contributed by atoms with van der Waals surface area (Å²) in [4.78, 5) is 16.6. The molecule has 0 aliphatic carbocycles. The zero-order valence-electron chi connectivity index (χ0n) is 17.0. The number of alkyl halides is 3. The van der Waals surface area contributed by atoms with E-state index in [-0.39, 0.29) is 28.6 Å². The van der Waals surface area contributed by atoms with Crippen molar-refractivity contribution >= 4 is 23.2 Å². The van der Waals surface area contributed by atoms with Gasteiger partial charge in [0.15, 0.2) is 22.8 Å². The molecule has 0 unspecified atom stereocenters. The molecule has 7 nitrogen and oxygen atoms in total. The van der Waals surface area contributed by atoms with Crippen molar-refractivity contribution in [3.63, 3.8) is 0 Å². The van der Waals surface area contributed by atoms with Crippen molar-refractivity contribution in [2.24, 2.45) is 0 Å². The number of hydrogen-bond donors (Lipinski definition) is 1. The molecule has 0 aliphatic rings. The van der Waals surface area contributed by atoms with Gasteiger partial charge >= 0.3 is 6.18 Å². The molecule has 166 valence electrons. The Morgan fingerprint density at radius 3 is 2.48 bits per heavy atom. The SMILES string of the molecule is CCOc1ccc(CNC(=O)c2nn3c(C(F)(F)F)cc(C)nc3c2Cl)cc1OCC. The fourth-order valence-corrected chi connectivity index (χ4v) is 3.18. The van der Waals surface area contributed by atoms with Crippen LogP contribution in [0.15, 0.2) is 24.3 Å². The van der Waals surface area contributed by atoms with Gasteiger partial charge in [0.05, 0.1) is 13.2 Å². The molecule has 3 rings (SSSR count). The number of benzene rings is 1. The van der Waals surface area contributed by atoms with E-state index in [1.165, 1.54) is 6.92 Å². The number of carbonyl (C=O) groups excluding carboxylic acids is 1. The number of carbonyl (C=O) groups is 1. The van der Waals surface area contributed by atoms with E-state index in [1.54, 1.807) is 18.2 Å². The van der Waals surface area contributed by atoms with Gasteiger partial charge in [-0.25, -0.2) is 9.50 Å². The Morgan fingerprint density at radius 1 is 1.16 bits per heavy atom. The van der Waals surface area contributed by atoms with Gasteiger partial charge in [-0.2, -0.15) is 18.3 Å². The lowest BCUT2D eigenvalue weighted by molar-refractivity contribution is -0.142. The van der Waals surface area contributed by atoms with E-state index in [1.807, 2.05) is 13.8 Å². The number of aryl methyl sites for hydroxylation is 1. The second kappa shape index (κ2) is 9.01. The number of rotatable bonds is 7. The summed E-state index contributed by atoms with van der Waals surface area (Å²) in [6, 6.07) is 6.02. The van der Waals surface area contributed by atoms with E-state index in [9.17, 15) is 18.0 Å².